The van der Waals surface area contributed by atoms with E-state index >= 15 is 0 Å². The molecule has 0 unspecified atom stereocenters. The molecule has 0 aliphatic heterocycles. The SMILES string of the molecule is Cc1cc(C(=O)OCC(=O)c2ccc[nH]2)c(C)n1-c1ccc(F)cc1. The Morgan fingerprint density at radius 1 is 1.16 bits per heavy atom. The van der Waals surface area contributed by atoms with Gasteiger partial charge in [-0.1, -0.05) is 0 Å². The standard InChI is InChI=1S/C19H17FN2O3/c1-12-10-16(13(2)22(12)15-7-5-14(20)6-8-15)19(24)25-11-18(23)17-4-3-9-21-17/h3-10,21H,11H2,1-2H3. The number of Topliss-reactive ketones (excluding diaryl/α,β-unsaturated/α-hetero) is 1. The average Bonchev–Trinajstić information content (AvgIpc) is 3.22. The van der Waals surface area contributed by atoms with Crippen molar-refractivity contribution in [2.24, 2.45) is 0 Å². The van der Waals surface area contributed by atoms with Crippen molar-refractivity contribution in [1.82, 2.24) is 9.55 Å². The number of halogens is 1. The minimum absolute atomic E-state index is 0.300. The number of rotatable bonds is 5. The summed E-state index contributed by atoms with van der Waals surface area (Å²) in [6, 6.07) is 11.0. The maximum Gasteiger partial charge on any atom is 0.340 e. The van der Waals surface area contributed by atoms with Crippen LogP contribution in [0.4, 0.5) is 4.39 Å². The minimum Gasteiger partial charge on any atom is -0.454 e. The number of ether oxygens (including phenoxy) is 1. The van der Waals surface area contributed by atoms with Crippen LogP contribution in [-0.2, 0) is 4.74 Å². The number of hydrogen-bond acceptors (Lipinski definition) is 3. The van der Waals surface area contributed by atoms with E-state index in [4.69, 9.17) is 4.74 Å². The Hall–Kier alpha value is -3.15. The van der Waals surface area contributed by atoms with Gasteiger partial charge in [-0.3, -0.25) is 4.79 Å². The molecule has 0 amide bonds. The van der Waals surface area contributed by atoms with Crippen molar-refractivity contribution in [3.05, 3.63) is 77.1 Å². The number of aromatic amines is 1. The Morgan fingerprint density at radius 2 is 1.88 bits per heavy atom. The molecule has 0 bridgehead atoms. The molecule has 0 fully saturated rings. The lowest BCUT2D eigenvalue weighted by atomic mass is 10.2. The Morgan fingerprint density at radius 3 is 2.52 bits per heavy atom. The van der Waals surface area contributed by atoms with Crippen LogP contribution in [-0.4, -0.2) is 27.9 Å². The number of esters is 1. The summed E-state index contributed by atoms with van der Waals surface area (Å²) in [4.78, 5) is 27.0. The number of aryl methyl sites for hydroxylation is 1. The number of carbonyl (C=O) groups is 2. The van der Waals surface area contributed by atoms with Crippen molar-refractivity contribution in [2.75, 3.05) is 6.61 Å². The van der Waals surface area contributed by atoms with Crippen LogP contribution >= 0.6 is 0 Å². The Bertz CT molecular complexity index is 909. The first-order valence-electron chi connectivity index (χ1n) is 7.76. The van der Waals surface area contributed by atoms with E-state index in [0.29, 0.717) is 17.0 Å². The number of carbonyl (C=O) groups excluding carboxylic acids is 2. The van der Waals surface area contributed by atoms with E-state index in [0.717, 1.165) is 11.4 Å². The molecule has 0 saturated heterocycles. The first-order chi connectivity index (χ1) is 12.0. The fourth-order valence-corrected chi connectivity index (χ4v) is 2.75. The van der Waals surface area contributed by atoms with Crippen LogP contribution in [0.25, 0.3) is 5.69 Å². The average molecular weight is 340 g/mol. The van der Waals surface area contributed by atoms with E-state index in [9.17, 15) is 14.0 Å². The van der Waals surface area contributed by atoms with E-state index in [1.807, 2.05) is 11.5 Å². The largest absolute Gasteiger partial charge is 0.454 e. The highest BCUT2D eigenvalue weighted by Gasteiger charge is 2.19. The third-order valence-corrected chi connectivity index (χ3v) is 3.97. The summed E-state index contributed by atoms with van der Waals surface area (Å²) in [5.74, 6) is -1.19. The molecule has 2 heterocycles. The molecular formula is C19H17FN2O3. The minimum atomic E-state index is -0.568. The predicted octanol–water partition coefficient (Wildman–Crippen LogP) is 3.60. The number of benzene rings is 1. The zero-order valence-corrected chi connectivity index (χ0v) is 13.9. The van der Waals surface area contributed by atoms with Gasteiger partial charge in [0.05, 0.1) is 11.3 Å². The molecule has 0 spiro atoms. The summed E-state index contributed by atoms with van der Waals surface area (Å²) in [5, 5.41) is 0. The van der Waals surface area contributed by atoms with Gasteiger partial charge < -0.3 is 14.3 Å². The summed E-state index contributed by atoms with van der Waals surface area (Å²) in [7, 11) is 0. The second-order valence-corrected chi connectivity index (χ2v) is 5.68. The van der Waals surface area contributed by atoms with Gasteiger partial charge in [-0.15, -0.1) is 0 Å². The van der Waals surface area contributed by atoms with Gasteiger partial charge in [-0.25, -0.2) is 9.18 Å². The van der Waals surface area contributed by atoms with E-state index < -0.39 is 5.97 Å². The maximum absolute atomic E-state index is 13.1. The molecule has 0 aliphatic carbocycles. The van der Waals surface area contributed by atoms with Crippen LogP contribution in [0.3, 0.4) is 0 Å². The highest BCUT2D eigenvalue weighted by Crippen LogP contribution is 2.21. The van der Waals surface area contributed by atoms with Crippen molar-refractivity contribution >= 4 is 11.8 Å². The fourth-order valence-electron chi connectivity index (χ4n) is 2.75. The van der Waals surface area contributed by atoms with Gasteiger partial charge in [-0.05, 0) is 56.3 Å². The van der Waals surface area contributed by atoms with Crippen molar-refractivity contribution in [3.8, 4) is 5.69 Å². The quantitative estimate of drug-likeness (QED) is 0.570. The second-order valence-electron chi connectivity index (χ2n) is 5.68. The topological polar surface area (TPSA) is 64.1 Å². The van der Waals surface area contributed by atoms with Gasteiger partial charge in [0.2, 0.25) is 5.78 Å². The molecule has 1 aromatic carbocycles. The lowest BCUT2D eigenvalue weighted by Gasteiger charge is -2.10. The third-order valence-electron chi connectivity index (χ3n) is 3.97. The van der Waals surface area contributed by atoms with Gasteiger partial charge in [0.15, 0.2) is 6.61 Å². The van der Waals surface area contributed by atoms with Crippen molar-refractivity contribution in [1.29, 1.82) is 0 Å². The molecule has 0 radical (unpaired) electrons. The van der Waals surface area contributed by atoms with E-state index in [-0.39, 0.29) is 18.2 Å². The summed E-state index contributed by atoms with van der Waals surface area (Å²) in [6.07, 6.45) is 1.63. The fraction of sp³-hybridized carbons (Fsp3) is 0.158. The first kappa shape index (κ1) is 16.7. The molecule has 5 nitrogen and oxygen atoms in total. The molecule has 1 N–H and O–H groups in total. The van der Waals surface area contributed by atoms with Crippen LogP contribution in [0.1, 0.15) is 32.2 Å². The van der Waals surface area contributed by atoms with E-state index in [1.165, 1.54) is 12.1 Å². The van der Waals surface area contributed by atoms with Gasteiger partial charge >= 0.3 is 5.97 Å². The molecular weight excluding hydrogens is 323 g/mol. The normalized spacial score (nSPS) is 10.7. The molecule has 6 heteroatoms. The number of H-pyrrole nitrogens is 1. The number of nitrogens with one attached hydrogen (secondary N) is 1. The number of nitrogens with zero attached hydrogens (tertiary/aromatic N) is 1. The third kappa shape index (κ3) is 3.38. The summed E-state index contributed by atoms with van der Waals surface area (Å²) in [6.45, 7) is 3.29. The van der Waals surface area contributed by atoms with Crippen LogP contribution < -0.4 is 0 Å². The predicted molar refractivity (Wildman–Crippen MR) is 90.6 cm³/mol. The molecule has 2 aromatic heterocycles. The lowest BCUT2D eigenvalue weighted by molar-refractivity contribution is 0.0473. The summed E-state index contributed by atoms with van der Waals surface area (Å²) >= 11 is 0. The van der Waals surface area contributed by atoms with E-state index in [1.54, 1.807) is 43.5 Å². The molecule has 0 saturated carbocycles. The molecule has 3 rings (SSSR count). The highest BCUT2D eigenvalue weighted by atomic mass is 19.1. The van der Waals surface area contributed by atoms with Gasteiger partial charge in [0, 0.05) is 23.3 Å². The van der Waals surface area contributed by atoms with E-state index in [2.05, 4.69) is 4.98 Å². The number of hydrogen-bond donors (Lipinski definition) is 1. The smallest absolute Gasteiger partial charge is 0.340 e. The highest BCUT2D eigenvalue weighted by molar-refractivity contribution is 5.98. The van der Waals surface area contributed by atoms with Crippen molar-refractivity contribution in [2.45, 2.75) is 13.8 Å². The van der Waals surface area contributed by atoms with Crippen LogP contribution in [0, 0.1) is 19.7 Å². The molecule has 0 atom stereocenters. The summed E-state index contributed by atoms with van der Waals surface area (Å²) in [5.41, 5.74) is 3.00. The zero-order valence-electron chi connectivity index (χ0n) is 13.9. The Labute approximate surface area is 144 Å². The van der Waals surface area contributed by atoms with Gasteiger partial charge in [0.1, 0.15) is 5.82 Å². The van der Waals surface area contributed by atoms with Gasteiger partial charge in [0.25, 0.3) is 0 Å². The van der Waals surface area contributed by atoms with Crippen LogP contribution in [0.2, 0.25) is 0 Å². The lowest BCUT2D eigenvalue weighted by Crippen LogP contribution is -2.15. The second kappa shape index (κ2) is 6.76. The Balaban J connectivity index is 1.78. The molecule has 0 aliphatic rings. The maximum atomic E-state index is 13.1. The van der Waals surface area contributed by atoms with Crippen molar-refractivity contribution in [3.63, 3.8) is 0 Å². The zero-order chi connectivity index (χ0) is 18.0. The molecule has 128 valence electrons. The monoisotopic (exact) mass is 340 g/mol. The van der Waals surface area contributed by atoms with Crippen molar-refractivity contribution < 1.29 is 18.7 Å². The number of aromatic nitrogens is 2. The summed E-state index contributed by atoms with van der Waals surface area (Å²) < 4.78 is 20.1. The van der Waals surface area contributed by atoms with Crippen LogP contribution in [0.15, 0.2) is 48.7 Å². The Kier molecular flexibility index (Phi) is 4.52. The molecule has 3 aromatic rings. The number of ketones is 1. The van der Waals surface area contributed by atoms with Crippen LogP contribution in [0.5, 0.6) is 0 Å². The first-order valence-corrected chi connectivity index (χ1v) is 7.76. The molecule has 25 heavy (non-hydrogen) atoms. The van der Waals surface area contributed by atoms with Gasteiger partial charge in [-0.2, -0.15) is 0 Å².